The fourth-order valence-electron chi connectivity index (χ4n) is 2.28. The molecule has 1 unspecified atom stereocenters. The fraction of sp³-hybridized carbons (Fsp3) is 0.333. The molecule has 0 amide bonds. The first-order chi connectivity index (χ1) is 8.40. The molecule has 0 fully saturated rings. The zero-order valence-electron chi connectivity index (χ0n) is 9.50. The number of benzene rings is 1. The van der Waals surface area contributed by atoms with Crippen molar-refractivity contribution in [2.75, 3.05) is 7.11 Å². The Bertz CT molecular complexity index is 543. The molecule has 0 spiro atoms. The molecule has 1 aliphatic rings. The number of hydrogen-bond donors (Lipinski definition) is 1. The highest BCUT2D eigenvalue weighted by Crippen LogP contribution is 2.40. The quantitative estimate of drug-likeness (QED) is 0.659. The van der Waals surface area contributed by atoms with Crippen LogP contribution in [-0.2, 0) is 27.2 Å². The van der Waals surface area contributed by atoms with Gasteiger partial charge in [-0.25, -0.2) is 4.39 Å². The van der Waals surface area contributed by atoms with Crippen molar-refractivity contribution in [2.24, 2.45) is 5.41 Å². The van der Waals surface area contributed by atoms with Crippen LogP contribution in [0.5, 0.6) is 0 Å². The standard InChI is InChI=1S/C12H10ClFO4/c1-18-11(17)12(10(15)16)4-6-2-7(13)3-9(14)8(6)5-12/h2-3H,4-5H2,1H3,(H,15,16). The van der Waals surface area contributed by atoms with Gasteiger partial charge >= 0.3 is 11.9 Å². The Kier molecular flexibility index (Phi) is 3.02. The maximum Gasteiger partial charge on any atom is 0.323 e. The Morgan fingerprint density at radius 1 is 1.44 bits per heavy atom. The van der Waals surface area contributed by atoms with Gasteiger partial charge in [-0.3, -0.25) is 9.59 Å². The van der Waals surface area contributed by atoms with Crippen LogP contribution < -0.4 is 0 Å². The summed E-state index contributed by atoms with van der Waals surface area (Å²) >= 11 is 5.71. The van der Waals surface area contributed by atoms with Crippen molar-refractivity contribution >= 4 is 23.5 Å². The van der Waals surface area contributed by atoms with Crippen LogP contribution in [0.1, 0.15) is 11.1 Å². The van der Waals surface area contributed by atoms with E-state index < -0.39 is 23.2 Å². The van der Waals surface area contributed by atoms with Gasteiger partial charge in [-0.1, -0.05) is 11.6 Å². The van der Waals surface area contributed by atoms with Gasteiger partial charge in [0, 0.05) is 11.4 Å². The molecule has 1 atom stereocenters. The number of hydrogen-bond acceptors (Lipinski definition) is 3. The Morgan fingerprint density at radius 3 is 2.67 bits per heavy atom. The van der Waals surface area contributed by atoms with Gasteiger partial charge in [0.25, 0.3) is 0 Å². The number of halogens is 2. The Labute approximate surface area is 107 Å². The molecule has 1 N–H and O–H groups in total. The second-order valence-corrected chi connectivity index (χ2v) is 4.69. The first kappa shape index (κ1) is 12.8. The lowest BCUT2D eigenvalue weighted by Crippen LogP contribution is -2.41. The molecule has 96 valence electrons. The van der Waals surface area contributed by atoms with E-state index in [1.807, 2.05) is 0 Å². The van der Waals surface area contributed by atoms with E-state index in [-0.39, 0.29) is 23.4 Å². The first-order valence-corrected chi connectivity index (χ1v) is 5.57. The average molecular weight is 273 g/mol. The molecule has 4 nitrogen and oxygen atoms in total. The SMILES string of the molecule is COC(=O)C1(C(=O)O)Cc2cc(Cl)cc(F)c2C1. The molecule has 6 heteroatoms. The summed E-state index contributed by atoms with van der Waals surface area (Å²) < 4.78 is 18.2. The second-order valence-electron chi connectivity index (χ2n) is 4.26. The molecule has 1 aliphatic carbocycles. The number of carboxylic acids is 1. The molecule has 0 radical (unpaired) electrons. The van der Waals surface area contributed by atoms with Crippen molar-refractivity contribution in [3.8, 4) is 0 Å². The third kappa shape index (κ3) is 1.75. The molecule has 1 aromatic carbocycles. The molecule has 18 heavy (non-hydrogen) atoms. The summed E-state index contributed by atoms with van der Waals surface area (Å²) in [7, 11) is 1.11. The monoisotopic (exact) mass is 272 g/mol. The van der Waals surface area contributed by atoms with Crippen LogP contribution in [0.15, 0.2) is 12.1 Å². The first-order valence-electron chi connectivity index (χ1n) is 5.19. The van der Waals surface area contributed by atoms with Gasteiger partial charge in [-0.05, 0) is 29.7 Å². The minimum absolute atomic E-state index is 0.109. The Hall–Kier alpha value is -1.62. The Morgan fingerprint density at radius 2 is 2.11 bits per heavy atom. The number of ether oxygens (including phenoxy) is 1. The molecule has 0 aromatic heterocycles. The third-order valence-electron chi connectivity index (χ3n) is 3.21. The summed E-state index contributed by atoms with van der Waals surface area (Å²) in [6.07, 6.45) is -0.324. The molecule has 0 heterocycles. The summed E-state index contributed by atoms with van der Waals surface area (Å²) in [6.45, 7) is 0. The summed E-state index contributed by atoms with van der Waals surface area (Å²) in [5.41, 5.74) is -1.09. The van der Waals surface area contributed by atoms with Gasteiger partial charge in [-0.2, -0.15) is 0 Å². The van der Waals surface area contributed by atoms with Gasteiger partial charge in [0.1, 0.15) is 5.82 Å². The average Bonchev–Trinajstić information content (AvgIpc) is 2.69. The van der Waals surface area contributed by atoms with Gasteiger partial charge < -0.3 is 9.84 Å². The normalized spacial score (nSPS) is 21.5. The minimum atomic E-state index is -1.75. The van der Waals surface area contributed by atoms with Gasteiger partial charge in [0.15, 0.2) is 5.41 Å². The van der Waals surface area contributed by atoms with E-state index in [1.165, 1.54) is 6.07 Å². The number of methoxy groups -OCH3 is 1. The zero-order valence-corrected chi connectivity index (χ0v) is 10.3. The molecular weight excluding hydrogens is 263 g/mol. The van der Waals surface area contributed by atoms with Crippen molar-refractivity contribution in [2.45, 2.75) is 12.8 Å². The van der Waals surface area contributed by atoms with Crippen LogP contribution in [0.3, 0.4) is 0 Å². The number of carbonyl (C=O) groups is 2. The number of aliphatic carboxylic acids is 1. The molecule has 0 aliphatic heterocycles. The molecule has 0 saturated carbocycles. The molecule has 1 aromatic rings. The van der Waals surface area contributed by atoms with Crippen LogP contribution >= 0.6 is 11.6 Å². The maximum atomic E-state index is 13.7. The largest absolute Gasteiger partial charge is 0.480 e. The van der Waals surface area contributed by atoms with Crippen LogP contribution in [0.2, 0.25) is 5.02 Å². The summed E-state index contributed by atoms with van der Waals surface area (Å²) in [5.74, 6) is -2.78. The second kappa shape index (κ2) is 4.24. The highest BCUT2D eigenvalue weighted by molar-refractivity contribution is 6.30. The van der Waals surface area contributed by atoms with E-state index in [0.717, 1.165) is 13.2 Å². The fourth-order valence-corrected chi connectivity index (χ4v) is 2.51. The smallest absolute Gasteiger partial charge is 0.323 e. The minimum Gasteiger partial charge on any atom is -0.480 e. The van der Waals surface area contributed by atoms with E-state index >= 15 is 0 Å². The van der Waals surface area contributed by atoms with Crippen molar-refractivity contribution in [3.05, 3.63) is 34.1 Å². The van der Waals surface area contributed by atoms with Crippen molar-refractivity contribution in [3.63, 3.8) is 0 Å². The van der Waals surface area contributed by atoms with Gasteiger partial charge in [0.05, 0.1) is 7.11 Å². The van der Waals surface area contributed by atoms with E-state index in [2.05, 4.69) is 4.74 Å². The maximum absolute atomic E-state index is 13.7. The zero-order chi connectivity index (χ0) is 13.5. The lowest BCUT2D eigenvalue weighted by Gasteiger charge is -2.20. The highest BCUT2D eigenvalue weighted by atomic mass is 35.5. The van der Waals surface area contributed by atoms with Gasteiger partial charge in [-0.15, -0.1) is 0 Å². The van der Waals surface area contributed by atoms with E-state index in [1.54, 1.807) is 0 Å². The molecule has 2 rings (SSSR count). The lowest BCUT2D eigenvalue weighted by atomic mass is 9.85. The van der Waals surface area contributed by atoms with Crippen molar-refractivity contribution in [1.29, 1.82) is 0 Å². The molecular formula is C12H10ClFO4. The molecule has 0 bridgehead atoms. The predicted molar refractivity (Wildman–Crippen MR) is 60.9 cm³/mol. The van der Waals surface area contributed by atoms with Crippen LogP contribution in [0.25, 0.3) is 0 Å². The Balaban J connectivity index is 2.51. The highest BCUT2D eigenvalue weighted by Gasteiger charge is 2.52. The van der Waals surface area contributed by atoms with E-state index in [4.69, 9.17) is 11.6 Å². The summed E-state index contributed by atoms with van der Waals surface area (Å²) in [6, 6.07) is 2.59. The van der Waals surface area contributed by atoms with Crippen LogP contribution in [0.4, 0.5) is 4.39 Å². The van der Waals surface area contributed by atoms with Crippen molar-refractivity contribution < 1.29 is 23.8 Å². The van der Waals surface area contributed by atoms with Crippen LogP contribution in [-0.4, -0.2) is 24.2 Å². The number of carboxylic acid groups (broad SMARTS) is 1. The summed E-state index contributed by atoms with van der Waals surface area (Å²) in [4.78, 5) is 23.0. The van der Waals surface area contributed by atoms with E-state index in [0.29, 0.717) is 5.56 Å². The number of rotatable bonds is 2. The van der Waals surface area contributed by atoms with Crippen LogP contribution in [0, 0.1) is 11.2 Å². The van der Waals surface area contributed by atoms with Crippen molar-refractivity contribution in [1.82, 2.24) is 0 Å². The number of carbonyl (C=O) groups excluding carboxylic acids is 1. The number of fused-ring (bicyclic) bond motifs is 1. The van der Waals surface area contributed by atoms with Gasteiger partial charge in [0.2, 0.25) is 0 Å². The predicted octanol–water partition coefficient (Wildman–Crippen LogP) is 1.82. The summed E-state index contributed by atoms with van der Waals surface area (Å²) in [5, 5.41) is 9.42. The number of esters is 1. The van der Waals surface area contributed by atoms with E-state index in [9.17, 15) is 19.1 Å². The lowest BCUT2D eigenvalue weighted by molar-refractivity contribution is -0.166. The third-order valence-corrected chi connectivity index (χ3v) is 3.43. The molecule has 0 saturated heterocycles. The topological polar surface area (TPSA) is 63.6 Å².